The molecule has 0 aromatic rings. The molecule has 1 unspecified atom stereocenters. The lowest BCUT2D eigenvalue weighted by molar-refractivity contribution is 0.102. The van der Waals surface area contributed by atoms with Gasteiger partial charge in [0.15, 0.2) is 0 Å². The van der Waals surface area contributed by atoms with E-state index in [2.05, 4.69) is 31.1 Å². The SMILES string of the molecule is CCCCCN(C)CC(CO)(NCC)C1CC1. The molecule has 102 valence electrons. The minimum Gasteiger partial charge on any atom is -0.394 e. The van der Waals surface area contributed by atoms with E-state index in [4.69, 9.17) is 0 Å². The molecule has 0 saturated heterocycles. The van der Waals surface area contributed by atoms with Crippen LogP contribution in [0.2, 0.25) is 0 Å². The fourth-order valence-corrected chi connectivity index (χ4v) is 2.74. The van der Waals surface area contributed by atoms with Crippen molar-refractivity contribution in [2.75, 3.05) is 33.3 Å². The number of nitrogens with one attached hydrogen (secondary N) is 1. The second-order valence-electron chi connectivity index (χ2n) is 5.56. The van der Waals surface area contributed by atoms with Crippen LogP contribution in [0.4, 0.5) is 0 Å². The van der Waals surface area contributed by atoms with Crippen LogP contribution in [0.1, 0.15) is 46.0 Å². The summed E-state index contributed by atoms with van der Waals surface area (Å²) in [5.41, 5.74) is -0.0459. The third-order valence-corrected chi connectivity index (χ3v) is 3.87. The van der Waals surface area contributed by atoms with Crippen LogP contribution in [0.25, 0.3) is 0 Å². The van der Waals surface area contributed by atoms with E-state index in [1.54, 1.807) is 0 Å². The van der Waals surface area contributed by atoms with Gasteiger partial charge in [0.2, 0.25) is 0 Å². The van der Waals surface area contributed by atoms with E-state index in [0.29, 0.717) is 5.92 Å². The predicted octanol–water partition coefficient (Wildman–Crippen LogP) is 1.86. The van der Waals surface area contributed by atoms with Crippen molar-refractivity contribution in [3.05, 3.63) is 0 Å². The molecule has 0 amide bonds. The van der Waals surface area contributed by atoms with Crippen molar-refractivity contribution in [1.29, 1.82) is 0 Å². The van der Waals surface area contributed by atoms with Crippen LogP contribution in [0.15, 0.2) is 0 Å². The standard InChI is InChI=1S/C14H30N2O/c1-4-6-7-10-16(3)11-14(12-17,15-5-2)13-8-9-13/h13,15,17H,4-12H2,1-3H3. The second kappa shape index (κ2) is 7.34. The Morgan fingerprint density at radius 1 is 1.29 bits per heavy atom. The Kier molecular flexibility index (Phi) is 6.45. The number of aliphatic hydroxyl groups is 1. The molecule has 17 heavy (non-hydrogen) atoms. The Labute approximate surface area is 107 Å². The van der Waals surface area contributed by atoms with Crippen LogP contribution in [0, 0.1) is 5.92 Å². The molecule has 0 spiro atoms. The molecule has 0 radical (unpaired) electrons. The third-order valence-electron chi connectivity index (χ3n) is 3.87. The normalized spacial score (nSPS) is 19.6. The molecule has 1 aliphatic rings. The lowest BCUT2D eigenvalue weighted by Crippen LogP contribution is -2.57. The molecule has 0 aromatic heterocycles. The highest BCUT2D eigenvalue weighted by Gasteiger charge is 2.44. The zero-order valence-electron chi connectivity index (χ0n) is 11.8. The van der Waals surface area contributed by atoms with E-state index in [-0.39, 0.29) is 12.1 Å². The Morgan fingerprint density at radius 3 is 2.47 bits per heavy atom. The van der Waals surface area contributed by atoms with Crippen LogP contribution < -0.4 is 5.32 Å². The number of nitrogens with zero attached hydrogens (tertiary/aromatic N) is 1. The quantitative estimate of drug-likeness (QED) is 0.574. The van der Waals surface area contributed by atoms with Crippen molar-refractivity contribution in [3.8, 4) is 0 Å². The molecule has 0 aromatic carbocycles. The van der Waals surface area contributed by atoms with Gasteiger partial charge >= 0.3 is 0 Å². The van der Waals surface area contributed by atoms with Gasteiger partial charge in [0.05, 0.1) is 12.1 Å². The molecule has 0 heterocycles. The molecule has 1 rings (SSSR count). The third kappa shape index (κ3) is 4.57. The van der Waals surface area contributed by atoms with Crippen molar-refractivity contribution in [2.24, 2.45) is 5.92 Å². The van der Waals surface area contributed by atoms with Gasteiger partial charge in [-0.3, -0.25) is 0 Å². The lowest BCUT2D eigenvalue weighted by Gasteiger charge is -2.37. The minimum absolute atomic E-state index is 0.0459. The van der Waals surface area contributed by atoms with Gasteiger partial charge in [0.1, 0.15) is 0 Å². The lowest BCUT2D eigenvalue weighted by atomic mass is 9.93. The number of likely N-dealkylation sites (N-methyl/N-ethyl adjacent to an activating group) is 2. The van der Waals surface area contributed by atoms with Crippen molar-refractivity contribution < 1.29 is 5.11 Å². The maximum Gasteiger partial charge on any atom is 0.0628 e. The van der Waals surface area contributed by atoms with Gasteiger partial charge in [0.25, 0.3) is 0 Å². The highest BCUT2D eigenvalue weighted by Crippen LogP contribution is 2.39. The molecule has 2 N–H and O–H groups in total. The molecule has 1 saturated carbocycles. The van der Waals surface area contributed by atoms with Crippen molar-refractivity contribution in [1.82, 2.24) is 10.2 Å². The first-order chi connectivity index (χ1) is 8.18. The van der Waals surface area contributed by atoms with Gasteiger partial charge in [0, 0.05) is 6.54 Å². The minimum atomic E-state index is -0.0459. The number of rotatable bonds is 10. The second-order valence-corrected chi connectivity index (χ2v) is 5.56. The summed E-state index contributed by atoms with van der Waals surface area (Å²) < 4.78 is 0. The largest absolute Gasteiger partial charge is 0.394 e. The average Bonchev–Trinajstić information content (AvgIpc) is 3.13. The maximum absolute atomic E-state index is 9.75. The summed E-state index contributed by atoms with van der Waals surface area (Å²) in [5.74, 6) is 0.682. The fourth-order valence-electron chi connectivity index (χ4n) is 2.74. The smallest absolute Gasteiger partial charge is 0.0628 e. The van der Waals surface area contributed by atoms with E-state index in [1.165, 1.54) is 32.1 Å². The number of hydrogen-bond acceptors (Lipinski definition) is 3. The average molecular weight is 242 g/mol. The zero-order valence-corrected chi connectivity index (χ0v) is 11.8. The van der Waals surface area contributed by atoms with Crippen molar-refractivity contribution in [3.63, 3.8) is 0 Å². The first kappa shape index (κ1) is 14.9. The van der Waals surface area contributed by atoms with E-state index < -0.39 is 0 Å². The summed E-state index contributed by atoms with van der Waals surface area (Å²) in [6.45, 7) is 7.70. The monoisotopic (exact) mass is 242 g/mol. The summed E-state index contributed by atoms with van der Waals surface area (Å²) in [6.07, 6.45) is 6.40. The molecule has 0 aliphatic heterocycles. The molecule has 1 fully saturated rings. The highest BCUT2D eigenvalue weighted by atomic mass is 16.3. The van der Waals surface area contributed by atoms with E-state index in [1.807, 2.05) is 0 Å². The van der Waals surface area contributed by atoms with E-state index in [9.17, 15) is 5.11 Å². The van der Waals surface area contributed by atoms with Gasteiger partial charge in [-0.05, 0) is 45.3 Å². The van der Waals surface area contributed by atoms with Crippen LogP contribution >= 0.6 is 0 Å². The summed E-state index contributed by atoms with van der Waals surface area (Å²) in [6, 6.07) is 0. The summed E-state index contributed by atoms with van der Waals surface area (Å²) >= 11 is 0. The Bertz CT molecular complexity index is 206. The Hall–Kier alpha value is -0.120. The molecule has 3 heteroatoms. The topological polar surface area (TPSA) is 35.5 Å². The van der Waals surface area contributed by atoms with E-state index in [0.717, 1.165) is 19.6 Å². The van der Waals surface area contributed by atoms with Gasteiger partial charge in [-0.25, -0.2) is 0 Å². The van der Waals surface area contributed by atoms with Gasteiger partial charge in [-0.15, -0.1) is 0 Å². The van der Waals surface area contributed by atoms with Crippen LogP contribution in [0.3, 0.4) is 0 Å². The first-order valence-electron chi connectivity index (χ1n) is 7.23. The van der Waals surface area contributed by atoms with Gasteiger partial charge in [-0.1, -0.05) is 26.7 Å². The van der Waals surface area contributed by atoms with Crippen LogP contribution in [-0.2, 0) is 0 Å². The Balaban J connectivity index is 2.41. The number of hydrogen-bond donors (Lipinski definition) is 2. The molecule has 0 bridgehead atoms. The summed E-state index contributed by atoms with van der Waals surface area (Å²) in [7, 11) is 2.18. The van der Waals surface area contributed by atoms with Gasteiger partial charge in [-0.2, -0.15) is 0 Å². The molecule has 3 nitrogen and oxygen atoms in total. The Morgan fingerprint density at radius 2 is 2.00 bits per heavy atom. The zero-order chi connectivity index (χ0) is 12.7. The number of unbranched alkanes of at least 4 members (excludes halogenated alkanes) is 2. The molecule has 1 aliphatic carbocycles. The first-order valence-corrected chi connectivity index (χ1v) is 7.23. The molecule has 1 atom stereocenters. The molecular weight excluding hydrogens is 212 g/mol. The number of aliphatic hydroxyl groups excluding tert-OH is 1. The highest BCUT2D eigenvalue weighted by molar-refractivity contribution is 5.02. The van der Waals surface area contributed by atoms with Crippen molar-refractivity contribution in [2.45, 2.75) is 51.5 Å². The maximum atomic E-state index is 9.75. The fraction of sp³-hybridized carbons (Fsp3) is 1.00. The van der Waals surface area contributed by atoms with Crippen LogP contribution in [-0.4, -0.2) is 48.8 Å². The van der Waals surface area contributed by atoms with Crippen molar-refractivity contribution >= 4 is 0 Å². The van der Waals surface area contributed by atoms with E-state index >= 15 is 0 Å². The predicted molar refractivity (Wildman–Crippen MR) is 73.2 cm³/mol. The summed E-state index contributed by atoms with van der Waals surface area (Å²) in [5, 5.41) is 13.3. The van der Waals surface area contributed by atoms with Gasteiger partial charge < -0.3 is 15.3 Å². The summed E-state index contributed by atoms with van der Waals surface area (Å²) in [4.78, 5) is 2.38. The van der Waals surface area contributed by atoms with Crippen LogP contribution in [0.5, 0.6) is 0 Å². The molecular formula is C14H30N2O.